The largest absolute Gasteiger partial charge is 0.506 e. The number of rotatable bonds is 12. The number of carbonyl (C=O) groups excluding carboxylic acids is 2. The number of Topliss-reactive ketones (excluding diaryl/α,β-unsaturated/α-hetero) is 1. The second-order valence-corrected chi connectivity index (χ2v) is 7.09. The number of aromatic carboxylic acids is 1. The number of hydrogen-bond acceptors (Lipinski definition) is 6. The standard InChI is InChI=1S/C12H23NO3.C9H8O4.C2H4O2/c1-2-3-4-5-6-7-10-13-11(14)8-9-12(15)16;1-5(10)6-3-2-4-7(8(6)11)9(12)13;1-2(3)4/h2-10H2,1H3,(H,13,14)(H,15,16);2-4,11H,1H3,(H,12,13);1H3,(H,3,4). The number of aromatic hydroxyl groups is 1. The van der Waals surface area contributed by atoms with Crippen molar-refractivity contribution in [2.24, 2.45) is 0 Å². The maximum Gasteiger partial charge on any atom is 0.339 e. The van der Waals surface area contributed by atoms with Crippen LogP contribution in [0.25, 0.3) is 0 Å². The van der Waals surface area contributed by atoms with Crippen LogP contribution in [0.4, 0.5) is 0 Å². The lowest BCUT2D eigenvalue weighted by Crippen LogP contribution is -2.24. The van der Waals surface area contributed by atoms with E-state index >= 15 is 0 Å². The van der Waals surface area contributed by atoms with E-state index in [1.165, 1.54) is 50.8 Å². The molecule has 0 fully saturated rings. The van der Waals surface area contributed by atoms with Crippen molar-refractivity contribution in [2.45, 2.75) is 72.1 Å². The van der Waals surface area contributed by atoms with E-state index in [0.717, 1.165) is 19.8 Å². The maximum atomic E-state index is 11.1. The van der Waals surface area contributed by atoms with Crippen molar-refractivity contribution in [3.05, 3.63) is 29.3 Å². The highest BCUT2D eigenvalue weighted by Gasteiger charge is 2.14. The Balaban J connectivity index is 0. The Labute approximate surface area is 193 Å². The van der Waals surface area contributed by atoms with Gasteiger partial charge in [0.1, 0.15) is 11.3 Å². The van der Waals surface area contributed by atoms with Crippen molar-refractivity contribution < 1.29 is 44.4 Å². The molecule has 0 saturated carbocycles. The summed E-state index contributed by atoms with van der Waals surface area (Å²) in [6, 6.07) is 4.04. The first kappa shape index (κ1) is 31.8. The van der Waals surface area contributed by atoms with Crippen molar-refractivity contribution in [1.82, 2.24) is 5.32 Å². The van der Waals surface area contributed by atoms with E-state index in [0.29, 0.717) is 6.54 Å². The Hall–Kier alpha value is -3.43. The smallest absolute Gasteiger partial charge is 0.339 e. The summed E-state index contributed by atoms with van der Waals surface area (Å²) >= 11 is 0. The molecule has 10 nitrogen and oxygen atoms in total. The van der Waals surface area contributed by atoms with E-state index in [4.69, 9.17) is 20.1 Å². The van der Waals surface area contributed by atoms with Crippen LogP contribution in [-0.2, 0) is 14.4 Å². The summed E-state index contributed by atoms with van der Waals surface area (Å²) in [6.45, 7) is 5.20. The van der Waals surface area contributed by atoms with Crippen LogP contribution in [0.5, 0.6) is 5.75 Å². The number of carbonyl (C=O) groups is 5. The highest BCUT2D eigenvalue weighted by molar-refractivity contribution is 6.01. The molecule has 0 spiro atoms. The zero-order valence-electron chi connectivity index (χ0n) is 19.4. The molecule has 0 heterocycles. The minimum Gasteiger partial charge on any atom is -0.506 e. The Morgan fingerprint density at radius 3 is 1.82 bits per heavy atom. The summed E-state index contributed by atoms with van der Waals surface area (Å²) in [7, 11) is 0. The number of carboxylic acids is 3. The van der Waals surface area contributed by atoms with Crippen LogP contribution in [0.3, 0.4) is 0 Å². The number of amides is 1. The average Bonchev–Trinajstić information content (AvgIpc) is 2.71. The average molecular weight is 470 g/mol. The first-order valence-electron chi connectivity index (χ1n) is 10.7. The van der Waals surface area contributed by atoms with Crippen molar-refractivity contribution in [2.75, 3.05) is 6.54 Å². The Bertz CT molecular complexity index is 739. The zero-order chi connectivity index (χ0) is 25.8. The van der Waals surface area contributed by atoms with E-state index in [-0.39, 0.29) is 35.7 Å². The van der Waals surface area contributed by atoms with Gasteiger partial charge >= 0.3 is 11.9 Å². The number of unbranched alkanes of at least 4 members (excludes halogenated alkanes) is 5. The molecular formula is C23H35NO9. The lowest BCUT2D eigenvalue weighted by Gasteiger charge is -2.04. The number of hydrogen-bond donors (Lipinski definition) is 5. The lowest BCUT2D eigenvalue weighted by atomic mass is 10.1. The van der Waals surface area contributed by atoms with Crippen molar-refractivity contribution in [3.8, 4) is 5.75 Å². The summed E-state index contributed by atoms with van der Waals surface area (Å²) in [4.78, 5) is 51.7. The number of para-hydroxylation sites is 1. The molecular weight excluding hydrogens is 434 g/mol. The summed E-state index contributed by atoms with van der Waals surface area (Å²) in [5.74, 6) is -3.99. The fourth-order valence-corrected chi connectivity index (χ4v) is 2.44. The minimum absolute atomic E-state index is 0.0277. The second-order valence-electron chi connectivity index (χ2n) is 7.09. The van der Waals surface area contributed by atoms with Gasteiger partial charge in [-0.15, -0.1) is 0 Å². The molecule has 1 rings (SSSR count). The summed E-state index contributed by atoms with van der Waals surface area (Å²) in [5.41, 5.74) is -0.229. The number of carboxylic acid groups (broad SMARTS) is 3. The van der Waals surface area contributed by atoms with E-state index in [1.54, 1.807) is 0 Å². The Morgan fingerprint density at radius 1 is 0.818 bits per heavy atom. The van der Waals surface area contributed by atoms with Crippen molar-refractivity contribution in [3.63, 3.8) is 0 Å². The molecule has 0 aliphatic rings. The molecule has 1 aromatic carbocycles. The van der Waals surface area contributed by atoms with E-state index in [9.17, 15) is 24.3 Å². The quantitative estimate of drug-likeness (QED) is 0.225. The molecule has 0 aliphatic carbocycles. The van der Waals surface area contributed by atoms with Crippen LogP contribution < -0.4 is 5.32 Å². The van der Waals surface area contributed by atoms with Gasteiger partial charge in [-0.1, -0.05) is 45.1 Å². The van der Waals surface area contributed by atoms with E-state index < -0.39 is 23.7 Å². The van der Waals surface area contributed by atoms with Crippen LogP contribution in [0.2, 0.25) is 0 Å². The molecule has 5 N–H and O–H groups in total. The predicted octanol–water partition coefficient (Wildman–Crippen LogP) is 3.71. The first-order chi connectivity index (χ1) is 15.4. The third kappa shape index (κ3) is 19.0. The Morgan fingerprint density at radius 2 is 1.33 bits per heavy atom. The number of aliphatic carboxylic acids is 2. The van der Waals surface area contributed by atoms with Gasteiger partial charge < -0.3 is 25.7 Å². The van der Waals surface area contributed by atoms with Gasteiger partial charge in [-0.2, -0.15) is 0 Å². The van der Waals surface area contributed by atoms with Crippen molar-refractivity contribution >= 4 is 29.6 Å². The molecule has 1 aromatic rings. The molecule has 0 saturated heterocycles. The summed E-state index contributed by atoms with van der Waals surface area (Å²) in [5, 5.41) is 36.4. The fraction of sp³-hybridized carbons (Fsp3) is 0.522. The molecule has 0 aromatic heterocycles. The molecule has 10 heteroatoms. The van der Waals surface area contributed by atoms with E-state index in [2.05, 4.69) is 12.2 Å². The number of phenols is 1. The fourth-order valence-electron chi connectivity index (χ4n) is 2.44. The predicted molar refractivity (Wildman–Crippen MR) is 122 cm³/mol. The van der Waals surface area contributed by atoms with Gasteiger partial charge in [0.05, 0.1) is 12.0 Å². The van der Waals surface area contributed by atoms with Gasteiger partial charge in [0.25, 0.3) is 5.97 Å². The maximum absolute atomic E-state index is 11.1. The molecule has 33 heavy (non-hydrogen) atoms. The molecule has 0 radical (unpaired) electrons. The topological polar surface area (TPSA) is 178 Å². The van der Waals surface area contributed by atoms with Crippen LogP contribution in [0, 0.1) is 0 Å². The van der Waals surface area contributed by atoms with Gasteiger partial charge in [-0.05, 0) is 25.5 Å². The van der Waals surface area contributed by atoms with Gasteiger partial charge in [-0.25, -0.2) is 4.79 Å². The first-order valence-corrected chi connectivity index (χ1v) is 10.7. The molecule has 0 aliphatic heterocycles. The van der Waals surface area contributed by atoms with Gasteiger partial charge in [0.15, 0.2) is 5.78 Å². The molecule has 186 valence electrons. The number of benzene rings is 1. The number of nitrogens with one attached hydrogen (secondary N) is 1. The van der Waals surface area contributed by atoms with Gasteiger partial charge in [0, 0.05) is 19.9 Å². The van der Waals surface area contributed by atoms with Crippen LogP contribution in [0.1, 0.15) is 92.9 Å². The molecule has 0 bridgehead atoms. The van der Waals surface area contributed by atoms with Gasteiger partial charge in [0.2, 0.25) is 5.91 Å². The highest BCUT2D eigenvalue weighted by atomic mass is 16.4. The summed E-state index contributed by atoms with van der Waals surface area (Å²) < 4.78 is 0. The molecule has 1 amide bonds. The zero-order valence-corrected chi connectivity index (χ0v) is 19.4. The third-order valence-corrected chi connectivity index (χ3v) is 4.06. The number of ketones is 1. The van der Waals surface area contributed by atoms with Crippen LogP contribution >= 0.6 is 0 Å². The Kier molecular flexibility index (Phi) is 18.5. The van der Waals surface area contributed by atoms with E-state index in [1.807, 2.05) is 0 Å². The normalized spacial score (nSPS) is 9.42. The third-order valence-electron chi connectivity index (χ3n) is 4.06. The second kappa shape index (κ2) is 19.3. The van der Waals surface area contributed by atoms with Crippen LogP contribution in [0.15, 0.2) is 18.2 Å². The minimum atomic E-state index is -1.25. The summed E-state index contributed by atoms with van der Waals surface area (Å²) in [6.07, 6.45) is 7.15. The monoisotopic (exact) mass is 469 g/mol. The molecule has 0 atom stereocenters. The SMILES string of the molecule is CC(=O)O.CC(=O)c1cccc(C(=O)O)c1O.CCCCCCCCNC(=O)CCC(=O)O. The lowest BCUT2D eigenvalue weighted by molar-refractivity contribution is -0.138. The van der Waals surface area contributed by atoms with Crippen molar-refractivity contribution in [1.29, 1.82) is 0 Å². The van der Waals surface area contributed by atoms with Crippen LogP contribution in [-0.4, -0.2) is 56.6 Å². The van der Waals surface area contributed by atoms with Gasteiger partial charge in [-0.3, -0.25) is 19.2 Å². The highest BCUT2D eigenvalue weighted by Crippen LogP contribution is 2.22. The molecule has 0 unspecified atom stereocenters.